The van der Waals surface area contributed by atoms with E-state index in [1.54, 1.807) is 19.0 Å². The van der Waals surface area contributed by atoms with Gasteiger partial charge in [-0.05, 0) is 108 Å². The van der Waals surface area contributed by atoms with E-state index in [1.807, 2.05) is 0 Å². The molecule has 3 aromatic carbocycles. The highest BCUT2D eigenvalue weighted by Crippen LogP contribution is 2.40. The largest absolute Gasteiger partial charge is 0.416 e. The van der Waals surface area contributed by atoms with Gasteiger partial charge in [0.05, 0.1) is 72.2 Å². The maximum absolute atomic E-state index is 14.6. The molecule has 10 rings (SSSR count). The molecular formula is C62H57Cl3F15N13O8. The summed E-state index contributed by atoms with van der Waals surface area (Å²) in [7, 11) is 6.91. The Bertz CT molecular complexity index is 4220. The van der Waals surface area contributed by atoms with E-state index in [4.69, 9.17) is 39.5 Å². The van der Waals surface area contributed by atoms with Crippen LogP contribution < -0.4 is 34.7 Å². The van der Waals surface area contributed by atoms with Crippen molar-refractivity contribution in [1.82, 2.24) is 35.0 Å². The molecule has 0 aliphatic carbocycles. The standard InChI is InChI=1S/C23H25ClF5N5O3.C21H18ClF5N4O3.C18H14ClF5N4O2/c1-12-7-13(23(27,28)29)8-18(30-12)34-17(11-33(22(34)37)10-14(35)9-31(2)3)21(36)32(4)16-6-5-15(25)19(24)20(16)26;1-10-5-11(21(25,26)27)6-16(28-10)31-15(8-30(20(31)33)7-12-9-34-12)19(32)29(2)14-4-3-13(23)17(22)18(14)24;1-8-5-9(18(22,23)24)6-13(26-8)28-12(7-25-17(28)30)16(29)27(2)11-4-3-10(20)14(19)15(11)21/h5-8,14,17,35H,9-11H2,1-4H3;3-6,12,15H,7-9H2,1-2H3;3-6,12H,7H2,1-2H3,(H,25,30)/t14?,17-;12?,15-;12-/m000/s1. The van der Waals surface area contributed by atoms with Crippen molar-refractivity contribution < 1.29 is 104 Å². The number of hydrogen-bond donors (Lipinski definition) is 2. The Kier molecular flexibility index (Phi) is 23.3. The molecule has 544 valence electrons. The first-order valence-electron chi connectivity index (χ1n) is 29.5. The van der Waals surface area contributed by atoms with Crippen molar-refractivity contribution >= 4 is 105 Å². The van der Waals surface area contributed by atoms with Crippen LogP contribution in [0.1, 0.15) is 33.8 Å². The summed E-state index contributed by atoms with van der Waals surface area (Å²) in [6, 6.07) is 3.36. The zero-order valence-electron chi connectivity index (χ0n) is 53.7. The molecule has 0 saturated carbocycles. The summed E-state index contributed by atoms with van der Waals surface area (Å²) in [6.45, 7) is 3.62. The van der Waals surface area contributed by atoms with Gasteiger partial charge in [0, 0.05) is 57.9 Å². The van der Waals surface area contributed by atoms with Crippen LogP contribution >= 0.6 is 34.8 Å². The minimum Gasteiger partial charge on any atom is -0.390 e. The molecule has 9 amide bonds. The van der Waals surface area contributed by atoms with Gasteiger partial charge in [-0.3, -0.25) is 29.1 Å². The van der Waals surface area contributed by atoms with E-state index in [9.17, 15) is 99.7 Å². The molecule has 0 radical (unpaired) electrons. The van der Waals surface area contributed by atoms with Crippen LogP contribution in [0.4, 0.5) is 115 Å². The first kappa shape index (κ1) is 77.8. The monoisotopic (exact) mass is 1500 g/mol. The third-order valence-electron chi connectivity index (χ3n) is 15.7. The number of nitrogens with one attached hydrogen (secondary N) is 1. The average Bonchev–Trinajstić information content (AvgIpc) is 1.63. The highest BCUT2D eigenvalue weighted by molar-refractivity contribution is 6.32. The number of urea groups is 3. The second-order valence-electron chi connectivity index (χ2n) is 23.4. The zero-order valence-corrected chi connectivity index (χ0v) is 56.0. The SMILES string of the molecule is Cc1cc(C(F)(F)F)cc(N2C(=O)N(CC(O)CN(C)C)C[C@H]2C(=O)N(C)c2ccc(F)c(Cl)c2F)n1.Cc1cc(C(F)(F)F)cc(N2C(=O)N(CC3CO3)C[C@H]2C(=O)N(C)c2ccc(F)c(Cl)c2F)n1.Cc1cc(C(F)(F)F)cc(N2C(=O)NC[C@H]2C(=O)N(C)c2ccc(F)c(Cl)c2F)n1. The van der Waals surface area contributed by atoms with Gasteiger partial charge >= 0.3 is 36.6 Å². The normalized spacial score (nSPS) is 18.0. The molecule has 4 fully saturated rings. The molecule has 5 atom stereocenters. The Hall–Kier alpha value is -8.97. The number of amides is 9. The number of rotatable bonds is 15. The van der Waals surface area contributed by atoms with Crippen LogP contribution in [0.15, 0.2) is 72.8 Å². The van der Waals surface area contributed by atoms with Gasteiger partial charge in [-0.1, -0.05) is 34.8 Å². The van der Waals surface area contributed by atoms with E-state index >= 15 is 0 Å². The number of carbonyl (C=O) groups excluding carboxylic acids is 6. The number of aliphatic hydroxyl groups is 1. The van der Waals surface area contributed by atoms with Crippen LogP contribution in [0.2, 0.25) is 15.1 Å². The van der Waals surface area contributed by atoms with Gasteiger partial charge in [0.1, 0.15) is 68.1 Å². The lowest BCUT2D eigenvalue weighted by atomic mass is 10.1. The maximum Gasteiger partial charge on any atom is 0.416 e. The van der Waals surface area contributed by atoms with E-state index in [1.165, 1.54) is 39.8 Å². The number of ether oxygens (including phenoxy) is 1. The number of pyridine rings is 3. The van der Waals surface area contributed by atoms with Gasteiger partial charge in [0.25, 0.3) is 17.7 Å². The molecule has 6 aromatic rings. The summed E-state index contributed by atoms with van der Waals surface area (Å²) < 4.78 is 209. The number of likely N-dealkylation sites (N-methyl/N-ethyl adjacent to an activating group) is 4. The molecular weight excluding hydrogens is 1450 g/mol. The molecule has 0 bridgehead atoms. The molecule has 4 saturated heterocycles. The Morgan fingerprint density at radius 1 is 0.545 bits per heavy atom. The molecule has 4 aliphatic heterocycles. The van der Waals surface area contributed by atoms with Crippen LogP contribution in [-0.2, 0) is 37.6 Å². The Morgan fingerprint density at radius 3 is 1.21 bits per heavy atom. The number of hydrogen-bond acceptors (Lipinski definition) is 12. The number of carbonyl (C=O) groups is 6. The van der Waals surface area contributed by atoms with Gasteiger partial charge in [-0.25, -0.2) is 55.7 Å². The number of aryl methyl sites for hydroxylation is 3. The van der Waals surface area contributed by atoms with Crippen molar-refractivity contribution in [3.05, 3.63) is 157 Å². The predicted molar refractivity (Wildman–Crippen MR) is 337 cm³/mol. The number of anilines is 6. The third kappa shape index (κ3) is 17.3. The van der Waals surface area contributed by atoms with Crippen molar-refractivity contribution in [2.75, 3.05) is 111 Å². The lowest BCUT2D eigenvalue weighted by molar-refractivity contribution is -0.138. The topological polar surface area (TPSA) is 215 Å². The minimum absolute atomic E-state index is 0.0162. The highest BCUT2D eigenvalue weighted by atomic mass is 35.5. The molecule has 7 heterocycles. The third-order valence-corrected chi connectivity index (χ3v) is 16.7. The van der Waals surface area contributed by atoms with Crippen molar-refractivity contribution in [1.29, 1.82) is 0 Å². The van der Waals surface area contributed by atoms with E-state index in [0.29, 0.717) is 24.8 Å². The number of aromatic nitrogens is 3. The van der Waals surface area contributed by atoms with E-state index in [-0.39, 0.29) is 85.5 Å². The lowest BCUT2D eigenvalue weighted by Gasteiger charge is -2.27. The summed E-state index contributed by atoms with van der Waals surface area (Å²) in [5.41, 5.74) is -4.37. The fourth-order valence-corrected chi connectivity index (χ4v) is 11.3. The number of aliphatic hydroxyl groups excluding tert-OH is 1. The van der Waals surface area contributed by atoms with Crippen molar-refractivity contribution in [2.45, 2.75) is 69.6 Å². The number of epoxide rings is 1. The quantitative estimate of drug-likeness (QED) is 0.0558. The van der Waals surface area contributed by atoms with Crippen LogP contribution in [0.25, 0.3) is 0 Å². The Balaban J connectivity index is 0.000000193. The van der Waals surface area contributed by atoms with Gasteiger partial charge in [-0.2, -0.15) is 39.5 Å². The first-order valence-corrected chi connectivity index (χ1v) is 30.6. The molecule has 21 nitrogen and oxygen atoms in total. The van der Waals surface area contributed by atoms with Crippen LogP contribution in [0.3, 0.4) is 0 Å². The van der Waals surface area contributed by atoms with Crippen molar-refractivity contribution in [2.24, 2.45) is 0 Å². The second-order valence-corrected chi connectivity index (χ2v) is 24.6. The zero-order chi connectivity index (χ0) is 75.1. The molecule has 3 aromatic heterocycles. The molecule has 2 N–H and O–H groups in total. The summed E-state index contributed by atoms with van der Waals surface area (Å²) >= 11 is 16.8. The number of nitrogens with zero attached hydrogens (tertiary/aromatic N) is 12. The van der Waals surface area contributed by atoms with Gasteiger partial charge in [-0.15, -0.1) is 0 Å². The fraction of sp³-hybridized carbons (Fsp3) is 0.371. The van der Waals surface area contributed by atoms with Crippen molar-refractivity contribution in [3.8, 4) is 0 Å². The lowest BCUT2D eigenvalue weighted by Crippen LogP contribution is -2.47. The fourth-order valence-electron chi connectivity index (χ4n) is 10.8. The summed E-state index contributed by atoms with van der Waals surface area (Å²) in [4.78, 5) is 99.4. The summed E-state index contributed by atoms with van der Waals surface area (Å²) in [6.07, 6.45) is -15.4. The first-order chi connectivity index (χ1) is 46.9. The van der Waals surface area contributed by atoms with Crippen LogP contribution in [0, 0.1) is 55.7 Å². The molecule has 2 unspecified atom stereocenters. The summed E-state index contributed by atoms with van der Waals surface area (Å²) in [5, 5.41) is 10.2. The predicted octanol–water partition coefficient (Wildman–Crippen LogP) is 11.5. The molecule has 0 spiro atoms. The summed E-state index contributed by atoms with van der Waals surface area (Å²) in [5.74, 6) is -10.5. The van der Waals surface area contributed by atoms with Gasteiger partial charge in [0.2, 0.25) is 0 Å². The van der Waals surface area contributed by atoms with Crippen LogP contribution in [0.5, 0.6) is 0 Å². The molecule has 101 heavy (non-hydrogen) atoms. The Labute approximate surface area is 579 Å². The number of halogens is 18. The number of benzene rings is 3. The number of β-amino-alcohol motifs (C(OH)–C–C–N with tert-alkyl or cyclic N) is 1. The Morgan fingerprint density at radius 2 is 0.871 bits per heavy atom. The number of alkyl halides is 9. The average molecular weight is 1500 g/mol. The van der Waals surface area contributed by atoms with Crippen LogP contribution in [-0.4, -0.2) is 182 Å². The maximum atomic E-state index is 14.6. The van der Waals surface area contributed by atoms with E-state index < -0.39 is 157 Å². The van der Waals surface area contributed by atoms with Gasteiger partial charge < -0.3 is 44.6 Å². The molecule has 39 heteroatoms. The van der Waals surface area contributed by atoms with Gasteiger partial charge in [0.15, 0.2) is 17.5 Å². The second kappa shape index (κ2) is 30.3. The molecule has 4 aliphatic rings. The minimum atomic E-state index is -4.75. The van der Waals surface area contributed by atoms with Crippen molar-refractivity contribution in [3.63, 3.8) is 0 Å². The smallest absolute Gasteiger partial charge is 0.390 e. The van der Waals surface area contributed by atoms with E-state index in [0.717, 1.165) is 95.9 Å². The van der Waals surface area contributed by atoms with E-state index in [2.05, 4.69) is 20.3 Å². The highest BCUT2D eigenvalue weighted by Gasteiger charge is 2.49.